The first-order chi connectivity index (χ1) is 12.9. The molecule has 1 aromatic carbocycles. The van der Waals surface area contributed by atoms with Crippen LogP contribution in [0.25, 0.3) is 0 Å². The number of aliphatic carboxylic acids is 1. The number of ketones is 1. The number of carboxylic acid groups (broad SMARTS) is 1. The van der Waals surface area contributed by atoms with Crippen molar-refractivity contribution < 1.29 is 19.1 Å². The summed E-state index contributed by atoms with van der Waals surface area (Å²) in [5.74, 6) is -0.814. The number of nitrogens with zero attached hydrogens (tertiary/aromatic N) is 1. The van der Waals surface area contributed by atoms with E-state index >= 15 is 0 Å². The Morgan fingerprint density at radius 2 is 1.86 bits per heavy atom. The van der Waals surface area contributed by atoms with Crippen LogP contribution in [0.3, 0.4) is 0 Å². The molecule has 1 fully saturated rings. The third-order valence-corrected chi connectivity index (χ3v) is 10.7. The summed E-state index contributed by atoms with van der Waals surface area (Å²) in [5, 5.41) is 10.1. The van der Waals surface area contributed by atoms with Crippen LogP contribution in [0, 0.1) is 0 Å². The smallest absolute Gasteiger partial charge is 0.325 e. The van der Waals surface area contributed by atoms with Crippen LogP contribution in [0.5, 0.6) is 0 Å². The van der Waals surface area contributed by atoms with E-state index in [1.807, 2.05) is 35.2 Å². The third-order valence-electron chi connectivity index (χ3n) is 6.19. The second kappa shape index (κ2) is 8.89. The molecular formula is C22H35NO4Si. The molecule has 1 heterocycles. The number of hydrogen-bond acceptors (Lipinski definition) is 4. The maximum absolute atomic E-state index is 12.2. The van der Waals surface area contributed by atoms with Crippen molar-refractivity contribution in [2.75, 3.05) is 6.54 Å². The topological polar surface area (TPSA) is 66.8 Å². The molecule has 3 atom stereocenters. The van der Waals surface area contributed by atoms with Gasteiger partial charge in [-0.15, -0.1) is 0 Å². The van der Waals surface area contributed by atoms with E-state index in [2.05, 4.69) is 33.9 Å². The van der Waals surface area contributed by atoms with Crippen molar-refractivity contribution in [1.82, 2.24) is 4.90 Å². The lowest BCUT2D eigenvalue weighted by Gasteiger charge is -2.48. The van der Waals surface area contributed by atoms with Gasteiger partial charge >= 0.3 is 5.97 Å². The summed E-state index contributed by atoms with van der Waals surface area (Å²) in [5.41, 5.74) is 0.747. The largest absolute Gasteiger partial charge is 0.480 e. The Hall–Kier alpha value is -1.50. The molecule has 1 saturated heterocycles. The molecule has 1 aliphatic rings. The van der Waals surface area contributed by atoms with Gasteiger partial charge in [0.2, 0.25) is 0 Å². The number of likely N-dealkylation sites (tertiary alicyclic amines) is 1. The Morgan fingerprint density at radius 1 is 1.25 bits per heavy atom. The first-order valence-electron chi connectivity index (χ1n) is 10.1. The van der Waals surface area contributed by atoms with E-state index in [1.54, 1.807) is 6.92 Å². The number of Topliss-reactive ketones (excluding diaryl/α,β-unsaturated/α-hetero) is 1. The molecule has 0 saturated carbocycles. The van der Waals surface area contributed by atoms with Gasteiger partial charge < -0.3 is 9.53 Å². The van der Waals surface area contributed by atoms with E-state index in [-0.39, 0.29) is 23.0 Å². The lowest BCUT2D eigenvalue weighted by molar-refractivity contribution is -0.148. The van der Waals surface area contributed by atoms with Crippen LogP contribution in [0.2, 0.25) is 18.1 Å². The average molecular weight is 406 g/mol. The van der Waals surface area contributed by atoms with E-state index in [0.29, 0.717) is 13.0 Å². The number of hydrogen-bond donors (Lipinski definition) is 1. The van der Waals surface area contributed by atoms with Gasteiger partial charge in [0.15, 0.2) is 8.32 Å². The minimum Gasteiger partial charge on any atom is -0.480 e. The fourth-order valence-corrected chi connectivity index (χ4v) is 5.10. The molecule has 28 heavy (non-hydrogen) atoms. The van der Waals surface area contributed by atoms with Crippen molar-refractivity contribution in [2.45, 2.75) is 83.3 Å². The normalized spacial score (nSPS) is 22.6. The molecule has 5 nitrogen and oxygen atoms in total. The molecule has 0 aromatic heterocycles. The molecule has 1 N–H and O–H groups in total. The predicted molar refractivity (Wildman–Crippen MR) is 114 cm³/mol. The molecule has 0 amide bonds. The van der Waals surface area contributed by atoms with Crippen LogP contribution in [-0.2, 0) is 14.0 Å². The molecule has 1 aromatic rings. The molecular weight excluding hydrogens is 370 g/mol. The molecule has 6 heteroatoms. The Labute approximate surface area is 170 Å². The zero-order valence-electron chi connectivity index (χ0n) is 18.1. The van der Waals surface area contributed by atoms with Gasteiger partial charge in [-0.05, 0) is 50.0 Å². The summed E-state index contributed by atoms with van der Waals surface area (Å²) < 4.78 is 6.70. The van der Waals surface area contributed by atoms with Crippen LogP contribution in [0.1, 0.15) is 58.6 Å². The minimum absolute atomic E-state index is 0.0572. The van der Waals surface area contributed by atoms with Gasteiger partial charge in [-0.1, -0.05) is 51.1 Å². The molecule has 1 aliphatic heterocycles. The van der Waals surface area contributed by atoms with E-state index in [1.165, 1.54) is 0 Å². The van der Waals surface area contributed by atoms with Crippen LogP contribution in [-0.4, -0.2) is 48.8 Å². The summed E-state index contributed by atoms with van der Waals surface area (Å²) >= 11 is 0. The number of carboxylic acids is 1. The highest BCUT2D eigenvalue weighted by molar-refractivity contribution is 6.74. The number of carbonyl (C=O) groups is 2. The highest BCUT2D eigenvalue weighted by atomic mass is 28.4. The maximum atomic E-state index is 12.2. The number of carbonyl (C=O) groups excluding carboxylic acids is 1. The van der Waals surface area contributed by atoms with Gasteiger partial charge in [0.05, 0.1) is 6.10 Å². The fourth-order valence-electron chi connectivity index (χ4n) is 3.71. The van der Waals surface area contributed by atoms with Crippen LogP contribution >= 0.6 is 0 Å². The van der Waals surface area contributed by atoms with Crippen molar-refractivity contribution in [3.63, 3.8) is 0 Å². The molecule has 2 rings (SSSR count). The molecule has 0 radical (unpaired) electrons. The van der Waals surface area contributed by atoms with Crippen LogP contribution < -0.4 is 0 Å². The average Bonchev–Trinajstić information content (AvgIpc) is 2.56. The Balaban J connectivity index is 2.39. The monoisotopic (exact) mass is 405 g/mol. The van der Waals surface area contributed by atoms with Crippen molar-refractivity contribution in [2.24, 2.45) is 0 Å². The van der Waals surface area contributed by atoms with Crippen molar-refractivity contribution in [3.05, 3.63) is 35.9 Å². The predicted octanol–water partition coefficient (Wildman–Crippen LogP) is 4.65. The van der Waals surface area contributed by atoms with E-state index in [4.69, 9.17) is 4.43 Å². The van der Waals surface area contributed by atoms with Gasteiger partial charge in [-0.2, -0.15) is 0 Å². The fraction of sp³-hybridized carbons (Fsp3) is 0.636. The molecule has 0 bridgehead atoms. The lowest BCUT2D eigenvalue weighted by atomic mass is 9.91. The number of benzene rings is 1. The molecule has 156 valence electrons. The van der Waals surface area contributed by atoms with Gasteiger partial charge in [0, 0.05) is 12.5 Å². The Morgan fingerprint density at radius 3 is 2.36 bits per heavy atom. The summed E-state index contributed by atoms with van der Waals surface area (Å²) in [6.07, 6.45) is 1.92. The van der Waals surface area contributed by atoms with E-state index in [0.717, 1.165) is 18.4 Å². The van der Waals surface area contributed by atoms with Crippen LogP contribution in [0.4, 0.5) is 0 Å². The summed E-state index contributed by atoms with van der Waals surface area (Å²) in [6.45, 7) is 13.2. The second-order valence-electron chi connectivity index (χ2n) is 9.42. The van der Waals surface area contributed by atoms with Gasteiger partial charge in [0.25, 0.3) is 0 Å². The standard InChI is InChI=1S/C22H35NO4Si/c1-16(24)15-18-19(27-28(5,6)22(2,3)4)13-10-14-23(18)20(21(25)26)17-11-8-7-9-12-17/h7-9,11-12,18-20H,10,13-15H2,1-6H3,(H,25,26)/t18-,19+,20?/m0/s1. The second-order valence-corrected chi connectivity index (χ2v) is 14.2. The lowest BCUT2D eigenvalue weighted by Crippen LogP contribution is -2.56. The first-order valence-corrected chi connectivity index (χ1v) is 13.1. The highest BCUT2D eigenvalue weighted by Gasteiger charge is 2.45. The minimum atomic E-state index is -2.04. The van der Waals surface area contributed by atoms with Gasteiger partial charge in [-0.25, -0.2) is 0 Å². The van der Waals surface area contributed by atoms with Crippen molar-refractivity contribution in [1.29, 1.82) is 0 Å². The van der Waals surface area contributed by atoms with Gasteiger partial charge in [-0.3, -0.25) is 14.5 Å². The summed E-state index contributed by atoms with van der Waals surface area (Å²) in [7, 11) is -2.04. The molecule has 1 unspecified atom stereocenters. The summed E-state index contributed by atoms with van der Waals surface area (Å²) in [4.78, 5) is 26.3. The zero-order valence-corrected chi connectivity index (χ0v) is 19.1. The molecule has 0 aliphatic carbocycles. The van der Waals surface area contributed by atoms with Crippen LogP contribution in [0.15, 0.2) is 30.3 Å². The van der Waals surface area contributed by atoms with Crippen molar-refractivity contribution >= 4 is 20.1 Å². The SMILES string of the molecule is CC(=O)C[C@H]1[C@H](O[Si](C)(C)C(C)(C)C)CCCN1C(C(=O)O)c1ccccc1. The maximum Gasteiger partial charge on any atom is 0.325 e. The van der Waals surface area contributed by atoms with Gasteiger partial charge in [0.1, 0.15) is 11.8 Å². The molecule has 0 spiro atoms. The third kappa shape index (κ3) is 5.30. The number of rotatable bonds is 7. The first kappa shape index (κ1) is 22.8. The highest BCUT2D eigenvalue weighted by Crippen LogP contribution is 2.40. The number of piperidine rings is 1. The Bertz CT molecular complexity index is 684. The zero-order chi connectivity index (χ0) is 21.1. The summed E-state index contributed by atoms with van der Waals surface area (Å²) in [6, 6.07) is 8.31. The Kier molecular flexibility index (Phi) is 7.23. The quantitative estimate of drug-likeness (QED) is 0.669. The van der Waals surface area contributed by atoms with Crippen molar-refractivity contribution in [3.8, 4) is 0 Å². The van der Waals surface area contributed by atoms with E-state index < -0.39 is 20.3 Å². The van der Waals surface area contributed by atoms with E-state index in [9.17, 15) is 14.7 Å².